The lowest BCUT2D eigenvalue weighted by molar-refractivity contribution is -0.116. The summed E-state index contributed by atoms with van der Waals surface area (Å²) in [6.07, 6.45) is 3.96. The molecule has 0 atom stereocenters. The Morgan fingerprint density at radius 1 is 1.03 bits per heavy atom. The van der Waals surface area contributed by atoms with Gasteiger partial charge in [-0.15, -0.1) is 0 Å². The van der Waals surface area contributed by atoms with Crippen molar-refractivity contribution in [3.63, 3.8) is 0 Å². The van der Waals surface area contributed by atoms with Crippen molar-refractivity contribution in [1.29, 1.82) is 0 Å². The van der Waals surface area contributed by atoms with Crippen molar-refractivity contribution in [2.75, 3.05) is 13.7 Å². The molecule has 0 unspecified atom stereocenters. The van der Waals surface area contributed by atoms with Crippen LogP contribution in [0.25, 0.3) is 17.1 Å². The average molecular weight is 442 g/mol. The van der Waals surface area contributed by atoms with E-state index in [4.69, 9.17) is 9.47 Å². The van der Waals surface area contributed by atoms with Gasteiger partial charge in [0.05, 0.1) is 18.1 Å². The Morgan fingerprint density at radius 3 is 2.70 bits per heavy atom. The first-order chi connectivity index (χ1) is 16.1. The largest absolute Gasteiger partial charge is 0.497 e. The molecular weight excluding hydrogens is 414 g/mol. The van der Waals surface area contributed by atoms with Gasteiger partial charge in [0.2, 0.25) is 5.91 Å². The maximum atomic E-state index is 12.3. The molecule has 1 N–H and O–H groups in total. The van der Waals surface area contributed by atoms with E-state index in [2.05, 4.69) is 10.3 Å². The Hall–Kier alpha value is -4.06. The van der Waals surface area contributed by atoms with E-state index in [1.165, 1.54) is 6.08 Å². The Bertz CT molecular complexity index is 1260. The van der Waals surface area contributed by atoms with Gasteiger partial charge >= 0.3 is 0 Å². The zero-order chi connectivity index (χ0) is 23.0. The standard InChI is InChI=1S/C27H27N3O3/c1-30-25-13-12-22(32-2)18-24(25)29-26(30)15-16-28-27(31)14-11-20-9-6-10-23(17-20)33-19-21-7-4-3-5-8-21/h3-14,17-18H,15-16,19H2,1-2H3,(H,28,31)/b14-11+. The molecule has 1 aromatic heterocycles. The van der Waals surface area contributed by atoms with Crippen LogP contribution >= 0.6 is 0 Å². The fourth-order valence-corrected chi connectivity index (χ4v) is 3.56. The third-order valence-electron chi connectivity index (χ3n) is 5.36. The summed E-state index contributed by atoms with van der Waals surface area (Å²) in [5.41, 5.74) is 3.93. The summed E-state index contributed by atoms with van der Waals surface area (Å²) in [7, 11) is 3.62. The summed E-state index contributed by atoms with van der Waals surface area (Å²) in [6.45, 7) is 1.00. The highest BCUT2D eigenvalue weighted by Crippen LogP contribution is 2.21. The quantitative estimate of drug-likeness (QED) is 0.388. The van der Waals surface area contributed by atoms with Gasteiger partial charge in [0, 0.05) is 32.2 Å². The van der Waals surface area contributed by atoms with Gasteiger partial charge in [-0.2, -0.15) is 0 Å². The minimum absolute atomic E-state index is 0.147. The van der Waals surface area contributed by atoms with E-state index in [0.29, 0.717) is 19.6 Å². The highest BCUT2D eigenvalue weighted by Gasteiger charge is 2.09. The third-order valence-corrected chi connectivity index (χ3v) is 5.36. The van der Waals surface area contributed by atoms with Crippen LogP contribution in [0.5, 0.6) is 11.5 Å². The number of carbonyl (C=O) groups is 1. The van der Waals surface area contributed by atoms with Crippen LogP contribution in [0.4, 0.5) is 0 Å². The van der Waals surface area contributed by atoms with E-state index in [9.17, 15) is 4.79 Å². The number of nitrogens with one attached hydrogen (secondary N) is 1. The van der Waals surface area contributed by atoms with Crippen molar-refractivity contribution in [2.24, 2.45) is 7.05 Å². The Morgan fingerprint density at radius 2 is 1.88 bits per heavy atom. The van der Waals surface area contributed by atoms with Gasteiger partial charge < -0.3 is 19.4 Å². The van der Waals surface area contributed by atoms with Gasteiger partial charge in [-0.05, 0) is 41.5 Å². The maximum Gasteiger partial charge on any atom is 0.244 e. The number of benzene rings is 3. The van der Waals surface area contributed by atoms with Gasteiger partial charge in [-0.1, -0.05) is 42.5 Å². The van der Waals surface area contributed by atoms with Crippen molar-refractivity contribution in [1.82, 2.24) is 14.9 Å². The van der Waals surface area contributed by atoms with Crippen molar-refractivity contribution < 1.29 is 14.3 Å². The molecule has 4 aromatic rings. The summed E-state index contributed by atoms with van der Waals surface area (Å²) < 4.78 is 13.2. The lowest BCUT2D eigenvalue weighted by Gasteiger charge is -2.07. The average Bonchev–Trinajstić information content (AvgIpc) is 3.17. The van der Waals surface area contributed by atoms with Crippen molar-refractivity contribution in [3.8, 4) is 11.5 Å². The minimum Gasteiger partial charge on any atom is -0.497 e. The van der Waals surface area contributed by atoms with Gasteiger partial charge in [0.1, 0.15) is 23.9 Å². The fourth-order valence-electron chi connectivity index (χ4n) is 3.56. The Kier molecular flexibility index (Phi) is 7.05. The maximum absolute atomic E-state index is 12.3. The molecule has 33 heavy (non-hydrogen) atoms. The molecule has 0 aliphatic rings. The first kappa shape index (κ1) is 22.1. The second-order valence-corrected chi connectivity index (χ2v) is 7.66. The van der Waals surface area contributed by atoms with Crippen LogP contribution in [0.15, 0.2) is 78.9 Å². The first-order valence-electron chi connectivity index (χ1n) is 10.8. The molecular formula is C27H27N3O3. The summed E-state index contributed by atoms with van der Waals surface area (Å²) in [5.74, 6) is 2.30. The minimum atomic E-state index is -0.147. The fraction of sp³-hybridized carbons (Fsp3) is 0.185. The van der Waals surface area contributed by atoms with E-state index in [1.807, 2.05) is 84.4 Å². The van der Waals surface area contributed by atoms with E-state index < -0.39 is 0 Å². The molecule has 0 aliphatic carbocycles. The number of nitrogens with zero attached hydrogens (tertiary/aromatic N) is 2. The number of amides is 1. The zero-order valence-electron chi connectivity index (χ0n) is 18.8. The topological polar surface area (TPSA) is 65.4 Å². The molecule has 0 saturated carbocycles. The molecule has 0 saturated heterocycles. The molecule has 1 heterocycles. The Balaban J connectivity index is 1.29. The second kappa shape index (κ2) is 10.5. The molecule has 6 heteroatoms. The summed E-state index contributed by atoms with van der Waals surface area (Å²) >= 11 is 0. The summed E-state index contributed by atoms with van der Waals surface area (Å²) in [4.78, 5) is 16.9. The zero-order valence-corrected chi connectivity index (χ0v) is 18.8. The van der Waals surface area contributed by atoms with Gasteiger partial charge in [0.15, 0.2) is 0 Å². The number of methoxy groups -OCH3 is 1. The van der Waals surface area contributed by atoms with Crippen LogP contribution in [0.2, 0.25) is 0 Å². The van der Waals surface area contributed by atoms with Gasteiger partial charge in [-0.25, -0.2) is 4.98 Å². The van der Waals surface area contributed by atoms with E-state index in [-0.39, 0.29) is 5.91 Å². The van der Waals surface area contributed by atoms with Gasteiger partial charge in [0.25, 0.3) is 0 Å². The van der Waals surface area contributed by atoms with Crippen LogP contribution in [-0.4, -0.2) is 29.1 Å². The Labute approximate surface area is 193 Å². The number of imidazole rings is 1. The monoisotopic (exact) mass is 441 g/mol. The van der Waals surface area contributed by atoms with E-state index in [1.54, 1.807) is 13.2 Å². The summed E-state index contributed by atoms with van der Waals surface area (Å²) in [6, 6.07) is 23.5. The van der Waals surface area contributed by atoms with E-state index >= 15 is 0 Å². The lowest BCUT2D eigenvalue weighted by Crippen LogP contribution is -2.24. The van der Waals surface area contributed by atoms with Crippen LogP contribution in [0, 0.1) is 0 Å². The lowest BCUT2D eigenvalue weighted by atomic mass is 10.2. The van der Waals surface area contributed by atoms with Crippen LogP contribution in [0.3, 0.4) is 0 Å². The number of ether oxygens (including phenoxy) is 2. The predicted molar refractivity (Wildman–Crippen MR) is 130 cm³/mol. The number of aromatic nitrogens is 2. The number of rotatable bonds is 9. The highest BCUT2D eigenvalue weighted by molar-refractivity contribution is 5.91. The van der Waals surface area contributed by atoms with E-state index in [0.717, 1.165) is 39.5 Å². The van der Waals surface area contributed by atoms with Crippen LogP contribution < -0.4 is 14.8 Å². The molecule has 0 aliphatic heterocycles. The molecule has 0 radical (unpaired) electrons. The molecule has 0 bridgehead atoms. The van der Waals surface area contributed by atoms with Crippen molar-refractivity contribution in [2.45, 2.75) is 13.0 Å². The van der Waals surface area contributed by atoms with Crippen molar-refractivity contribution in [3.05, 3.63) is 95.8 Å². The second-order valence-electron chi connectivity index (χ2n) is 7.66. The van der Waals surface area contributed by atoms with Crippen molar-refractivity contribution >= 4 is 23.0 Å². The van der Waals surface area contributed by atoms with Crippen LogP contribution in [0.1, 0.15) is 17.0 Å². The van der Waals surface area contributed by atoms with Gasteiger partial charge in [-0.3, -0.25) is 4.79 Å². The molecule has 4 rings (SSSR count). The normalized spacial score (nSPS) is 11.1. The predicted octanol–water partition coefficient (Wildman–Crippen LogP) is 4.53. The van der Waals surface area contributed by atoms with Crippen LogP contribution in [-0.2, 0) is 24.9 Å². The molecule has 168 valence electrons. The first-order valence-corrected chi connectivity index (χ1v) is 10.8. The molecule has 0 fully saturated rings. The highest BCUT2D eigenvalue weighted by atomic mass is 16.5. The number of fused-ring (bicyclic) bond motifs is 1. The third kappa shape index (κ3) is 5.80. The molecule has 3 aromatic carbocycles. The molecule has 0 spiro atoms. The SMILES string of the molecule is COc1ccc2c(c1)nc(CCNC(=O)/C=C/c1cccc(OCc3ccccc3)c1)n2C. The number of hydrogen-bond donors (Lipinski definition) is 1. The number of carbonyl (C=O) groups excluding carboxylic acids is 1. The molecule has 6 nitrogen and oxygen atoms in total. The number of hydrogen-bond acceptors (Lipinski definition) is 4. The summed E-state index contributed by atoms with van der Waals surface area (Å²) in [5, 5.41) is 2.92. The molecule has 1 amide bonds. The smallest absolute Gasteiger partial charge is 0.244 e. The number of aryl methyl sites for hydroxylation is 1.